The molecule has 0 radical (unpaired) electrons. The molecule has 518 valence electrons. The van der Waals surface area contributed by atoms with Gasteiger partial charge in [0, 0.05) is 124 Å². The van der Waals surface area contributed by atoms with Gasteiger partial charge in [-0.05, 0) is 162 Å². The fourth-order valence-corrected chi connectivity index (χ4v) is 16.6. The normalized spacial score (nSPS) is 11.8. The Bertz CT molecular complexity index is 7810. The van der Waals surface area contributed by atoms with Crippen molar-refractivity contribution in [2.24, 2.45) is 0 Å². The van der Waals surface area contributed by atoms with Crippen molar-refractivity contribution in [2.75, 3.05) is 0 Å². The number of hydrogen-bond acceptors (Lipinski definition) is 10. The number of nitrogens with zero attached hydrogens (tertiary/aromatic N) is 10. The first-order valence-corrected chi connectivity index (χ1v) is 37.5. The highest BCUT2D eigenvalue weighted by atomic mass is 14.8. The summed E-state index contributed by atoms with van der Waals surface area (Å²) < 4.78 is 0. The molecule has 0 fully saturated rings. The van der Waals surface area contributed by atoms with E-state index in [-0.39, 0.29) is 0 Å². The van der Waals surface area contributed by atoms with Crippen LogP contribution >= 0.6 is 0 Å². The summed E-state index contributed by atoms with van der Waals surface area (Å²) in [6, 6.07) is 115. The van der Waals surface area contributed by atoms with Crippen LogP contribution in [-0.2, 0) is 0 Å². The topological polar surface area (TPSA) is 129 Å². The van der Waals surface area contributed by atoms with Crippen molar-refractivity contribution in [1.82, 2.24) is 49.8 Å². The quantitative estimate of drug-likeness (QED) is 0.107. The monoisotopic (exact) mass is 1420 g/mol. The Balaban J connectivity index is 0.000000138. The van der Waals surface area contributed by atoms with Gasteiger partial charge in [-0.3, -0.25) is 19.9 Å². The van der Waals surface area contributed by atoms with Crippen molar-refractivity contribution in [3.8, 4) is 89.8 Å². The van der Waals surface area contributed by atoms with Crippen molar-refractivity contribution in [2.45, 2.75) is 0 Å². The third kappa shape index (κ3) is 11.0. The van der Waals surface area contributed by atoms with Crippen molar-refractivity contribution in [3.05, 3.63) is 365 Å². The molecule has 0 atom stereocenters. The Morgan fingerprint density at radius 1 is 0.170 bits per heavy atom. The van der Waals surface area contributed by atoms with Crippen molar-refractivity contribution in [1.29, 1.82) is 0 Å². The molecule has 23 rings (SSSR count). The molecule has 0 amide bonds. The third-order valence-corrected chi connectivity index (χ3v) is 22.1. The standard InChI is InChI=1S/C53H31N5.C49H29N5/c1-3-11-42-40(9-1)50(41-10-2-4-12-43(41)51(42)48-24-19-35-16-15-34-8-6-27-55-52(34)53(35)58-48)47-25-21-38-29-36(20-22-45(38)56-47)37-17-14-33-18-23-46(57-49(33)30-37)39-13-5-7-32-26-28-54-31-44(32)39;1-2-8-38-37(7-1)40(18-19-41(38)46-22-15-33-12-11-32-6-4-25-51-48(32)49(33)54-46)45-23-17-36-27-34(16-20-43(36)52-45)35-13-10-31-14-21-44(53-47(31)28-35)39-9-3-5-30-24-26-50-29-42(30)39/h1-31H;1-29H. The highest BCUT2D eigenvalue weighted by Gasteiger charge is 2.21. The molecule has 10 aromatic heterocycles. The lowest BCUT2D eigenvalue weighted by molar-refractivity contribution is 1.35. The number of pyridine rings is 10. The van der Waals surface area contributed by atoms with Crippen LogP contribution < -0.4 is 0 Å². The van der Waals surface area contributed by atoms with E-state index in [2.05, 4.69) is 318 Å². The summed E-state index contributed by atoms with van der Waals surface area (Å²) in [6.45, 7) is 0. The van der Waals surface area contributed by atoms with Gasteiger partial charge in [0.2, 0.25) is 0 Å². The molecule has 13 aromatic carbocycles. The van der Waals surface area contributed by atoms with Gasteiger partial charge in [-0.1, -0.05) is 231 Å². The molecular weight excluding hydrogens is 1370 g/mol. The number of rotatable bonds is 8. The number of hydrogen-bond donors (Lipinski definition) is 0. The molecule has 0 spiro atoms. The zero-order valence-electron chi connectivity index (χ0n) is 60.1. The molecule has 10 heteroatoms. The molecule has 0 saturated carbocycles. The van der Waals surface area contributed by atoms with E-state index in [4.69, 9.17) is 34.9 Å². The predicted molar refractivity (Wildman–Crippen MR) is 462 cm³/mol. The van der Waals surface area contributed by atoms with Gasteiger partial charge in [0.25, 0.3) is 0 Å². The fraction of sp³-hybridized carbons (Fsp3) is 0. The van der Waals surface area contributed by atoms with Gasteiger partial charge in [0.1, 0.15) is 0 Å². The Morgan fingerprint density at radius 2 is 0.500 bits per heavy atom. The lowest BCUT2D eigenvalue weighted by atomic mass is 9.88. The maximum absolute atomic E-state index is 5.34. The molecule has 112 heavy (non-hydrogen) atoms. The number of benzene rings is 13. The first-order chi connectivity index (χ1) is 55.5. The zero-order valence-corrected chi connectivity index (χ0v) is 60.1. The van der Waals surface area contributed by atoms with Crippen LogP contribution in [0, 0.1) is 0 Å². The summed E-state index contributed by atoms with van der Waals surface area (Å²) in [4.78, 5) is 49.4. The molecule has 0 aliphatic heterocycles. The minimum atomic E-state index is 0.909. The van der Waals surface area contributed by atoms with E-state index in [9.17, 15) is 0 Å². The average Bonchev–Trinajstić information content (AvgIpc) is 0.728. The zero-order chi connectivity index (χ0) is 73.7. The molecular formula is C102H60N10. The van der Waals surface area contributed by atoms with E-state index >= 15 is 0 Å². The third-order valence-electron chi connectivity index (χ3n) is 22.1. The maximum atomic E-state index is 5.34. The van der Waals surface area contributed by atoms with E-state index in [1.807, 2.05) is 61.4 Å². The molecule has 0 aliphatic rings. The highest BCUT2D eigenvalue weighted by molar-refractivity contribution is 6.22. The molecule has 0 aliphatic carbocycles. The largest absolute Gasteiger partial charge is 0.264 e. The second kappa shape index (κ2) is 26.3. The summed E-state index contributed by atoms with van der Waals surface area (Å²) in [6.07, 6.45) is 11.2. The van der Waals surface area contributed by atoms with Crippen molar-refractivity contribution >= 4 is 141 Å². The second-order valence-corrected chi connectivity index (χ2v) is 28.6. The van der Waals surface area contributed by atoms with Crippen LogP contribution in [0.15, 0.2) is 365 Å². The molecule has 23 aromatic rings. The van der Waals surface area contributed by atoms with E-state index in [1.54, 1.807) is 0 Å². The minimum Gasteiger partial charge on any atom is -0.264 e. The van der Waals surface area contributed by atoms with Gasteiger partial charge in [0.15, 0.2) is 0 Å². The Hall–Kier alpha value is -15.3. The van der Waals surface area contributed by atoms with Gasteiger partial charge in [-0.15, -0.1) is 0 Å². The van der Waals surface area contributed by atoms with Crippen LogP contribution in [0.1, 0.15) is 0 Å². The maximum Gasteiger partial charge on any atom is 0.0972 e. The molecule has 10 heterocycles. The fourth-order valence-electron chi connectivity index (χ4n) is 16.6. The number of aromatic nitrogens is 10. The van der Waals surface area contributed by atoms with E-state index in [0.29, 0.717) is 0 Å². The van der Waals surface area contributed by atoms with Crippen molar-refractivity contribution in [3.63, 3.8) is 0 Å². The summed E-state index contributed by atoms with van der Waals surface area (Å²) in [5, 5.41) is 20.0. The lowest BCUT2D eigenvalue weighted by Crippen LogP contribution is -1.95. The van der Waals surface area contributed by atoms with Crippen LogP contribution in [-0.4, -0.2) is 49.8 Å². The first kappa shape index (κ1) is 64.0. The second-order valence-electron chi connectivity index (χ2n) is 28.6. The SMILES string of the molecule is c1cc(-c2ccc3ccc(-c4ccc5nc(-c6c7ccccc7c(-c7ccc8ccc9cccnc9c8n7)c7ccccc67)ccc5c4)cc3n2)c2cnccc2c1.c1cc(-c2ccc3ccc(-c4ccc5nc(-c6ccc(-c7ccc8ccc9cccnc9c8n7)c7ccccc67)ccc5c4)cc3n2)c2cnccc2c1. The first-order valence-electron chi connectivity index (χ1n) is 37.5. The number of fused-ring (bicyclic) bond motifs is 15. The Labute approximate surface area is 641 Å². The van der Waals surface area contributed by atoms with Crippen LogP contribution in [0.25, 0.3) is 231 Å². The van der Waals surface area contributed by atoms with E-state index in [1.165, 1.54) is 0 Å². The van der Waals surface area contributed by atoms with Gasteiger partial charge < -0.3 is 0 Å². The summed E-state index contributed by atoms with van der Waals surface area (Å²) >= 11 is 0. The van der Waals surface area contributed by atoms with Gasteiger partial charge >= 0.3 is 0 Å². The van der Waals surface area contributed by atoms with Gasteiger partial charge in [0.05, 0.1) is 78.3 Å². The van der Waals surface area contributed by atoms with Gasteiger partial charge in [-0.25, -0.2) is 29.9 Å². The van der Waals surface area contributed by atoms with Crippen LogP contribution in [0.4, 0.5) is 0 Å². The summed E-state index contributed by atoms with van der Waals surface area (Å²) in [5.74, 6) is 0. The molecule has 0 unspecified atom stereocenters. The van der Waals surface area contributed by atoms with Crippen LogP contribution in [0.3, 0.4) is 0 Å². The van der Waals surface area contributed by atoms with E-state index in [0.717, 1.165) is 231 Å². The molecule has 0 bridgehead atoms. The Kier molecular flexibility index (Phi) is 15.0. The van der Waals surface area contributed by atoms with Crippen LogP contribution in [0.5, 0.6) is 0 Å². The Morgan fingerprint density at radius 3 is 0.973 bits per heavy atom. The molecule has 10 nitrogen and oxygen atoms in total. The smallest absolute Gasteiger partial charge is 0.0972 e. The average molecular weight is 1430 g/mol. The molecule has 0 N–H and O–H groups in total. The van der Waals surface area contributed by atoms with E-state index < -0.39 is 0 Å². The minimum absolute atomic E-state index is 0.909. The summed E-state index contributed by atoms with van der Waals surface area (Å²) in [5.41, 5.74) is 24.1. The summed E-state index contributed by atoms with van der Waals surface area (Å²) in [7, 11) is 0. The highest BCUT2D eigenvalue weighted by Crippen LogP contribution is 2.45. The van der Waals surface area contributed by atoms with Crippen molar-refractivity contribution < 1.29 is 0 Å². The lowest BCUT2D eigenvalue weighted by Gasteiger charge is -2.17. The van der Waals surface area contributed by atoms with Crippen LogP contribution in [0.2, 0.25) is 0 Å². The predicted octanol–water partition coefficient (Wildman–Crippen LogP) is 25.7. The van der Waals surface area contributed by atoms with Gasteiger partial charge in [-0.2, -0.15) is 0 Å². The molecule has 0 saturated heterocycles.